The quantitative estimate of drug-likeness (QED) is 0.924. The van der Waals surface area contributed by atoms with Crippen LogP contribution >= 0.6 is 0 Å². The number of aromatic nitrogens is 1. The lowest BCUT2D eigenvalue weighted by molar-refractivity contribution is 0.0919. The summed E-state index contributed by atoms with van der Waals surface area (Å²) in [5, 5.41) is 6.96. The van der Waals surface area contributed by atoms with E-state index in [-0.39, 0.29) is 17.8 Å². The third-order valence-corrected chi connectivity index (χ3v) is 4.65. The normalized spacial score (nSPS) is 16.5. The number of aryl methyl sites for hydroxylation is 2. The lowest BCUT2D eigenvalue weighted by atomic mass is 9.91. The lowest BCUT2D eigenvalue weighted by Crippen LogP contribution is -2.33. The molecule has 23 heavy (non-hydrogen) atoms. The molecule has 0 spiro atoms. The first-order valence-corrected chi connectivity index (χ1v) is 8.05. The predicted octanol–water partition coefficient (Wildman–Crippen LogP) is 4.09. The maximum atomic E-state index is 13.2. The maximum Gasteiger partial charge on any atom is 0.257 e. The van der Waals surface area contributed by atoms with Crippen LogP contribution in [0.2, 0.25) is 0 Å². The van der Waals surface area contributed by atoms with Crippen molar-refractivity contribution in [3.05, 3.63) is 52.7 Å². The fourth-order valence-electron chi connectivity index (χ4n) is 3.45. The van der Waals surface area contributed by atoms with Crippen molar-refractivity contribution in [2.75, 3.05) is 0 Å². The van der Waals surface area contributed by atoms with Crippen LogP contribution in [0.5, 0.6) is 0 Å². The van der Waals surface area contributed by atoms with Gasteiger partial charge in [0.2, 0.25) is 0 Å². The fourth-order valence-corrected chi connectivity index (χ4v) is 3.45. The highest BCUT2D eigenvalue weighted by atomic mass is 19.1. The van der Waals surface area contributed by atoms with Crippen LogP contribution in [0, 0.1) is 25.6 Å². The van der Waals surface area contributed by atoms with Crippen LogP contribution in [0.3, 0.4) is 0 Å². The Hall–Kier alpha value is -2.17. The summed E-state index contributed by atoms with van der Waals surface area (Å²) in [6.45, 7) is 3.49. The van der Waals surface area contributed by atoms with Gasteiger partial charge >= 0.3 is 0 Å². The van der Waals surface area contributed by atoms with E-state index in [2.05, 4.69) is 10.5 Å². The third kappa shape index (κ3) is 3.28. The monoisotopic (exact) mass is 316 g/mol. The van der Waals surface area contributed by atoms with Crippen molar-refractivity contribution in [1.29, 1.82) is 0 Å². The molecule has 1 aromatic carbocycles. The number of amides is 1. The zero-order valence-corrected chi connectivity index (χ0v) is 13.4. The molecule has 1 aliphatic carbocycles. The Balaban J connectivity index is 1.86. The van der Waals surface area contributed by atoms with Gasteiger partial charge in [0.25, 0.3) is 5.91 Å². The van der Waals surface area contributed by atoms with Gasteiger partial charge in [-0.15, -0.1) is 0 Å². The van der Waals surface area contributed by atoms with Crippen LogP contribution in [-0.4, -0.2) is 11.1 Å². The van der Waals surface area contributed by atoms with Crippen molar-refractivity contribution in [2.45, 2.75) is 45.6 Å². The lowest BCUT2D eigenvalue weighted by Gasteiger charge is -2.25. The number of halogens is 1. The van der Waals surface area contributed by atoms with E-state index in [1.165, 1.54) is 25.0 Å². The van der Waals surface area contributed by atoms with Crippen molar-refractivity contribution in [1.82, 2.24) is 10.5 Å². The van der Waals surface area contributed by atoms with Gasteiger partial charge in [-0.2, -0.15) is 0 Å². The number of carbonyl (C=O) groups excluding carboxylic acids is 1. The SMILES string of the molecule is Cc1noc(C)c1C(=O)N[C@@H](c1ccc(F)cc1)C1CCCC1. The van der Waals surface area contributed by atoms with E-state index in [0.717, 1.165) is 18.4 Å². The highest BCUT2D eigenvalue weighted by molar-refractivity contribution is 5.96. The minimum absolute atomic E-state index is 0.112. The molecule has 0 radical (unpaired) electrons. The van der Waals surface area contributed by atoms with E-state index in [1.54, 1.807) is 26.0 Å². The topological polar surface area (TPSA) is 55.1 Å². The standard InChI is InChI=1S/C18H21FN2O2/c1-11-16(12(2)23-21-11)18(22)20-17(13-5-3-4-6-13)14-7-9-15(19)10-8-14/h7-10,13,17H,3-6H2,1-2H3,(H,20,22)/t17-/m1/s1. The van der Waals surface area contributed by atoms with Crippen molar-refractivity contribution >= 4 is 5.91 Å². The second-order valence-electron chi connectivity index (χ2n) is 6.25. The minimum Gasteiger partial charge on any atom is -0.361 e. The first kappa shape index (κ1) is 15.7. The molecule has 1 saturated carbocycles. The number of carbonyl (C=O) groups is 1. The molecule has 1 N–H and O–H groups in total. The zero-order chi connectivity index (χ0) is 16.4. The summed E-state index contributed by atoms with van der Waals surface area (Å²) < 4.78 is 18.3. The second-order valence-corrected chi connectivity index (χ2v) is 6.25. The van der Waals surface area contributed by atoms with Gasteiger partial charge in [-0.05, 0) is 50.3 Å². The first-order chi connectivity index (χ1) is 11.1. The molecule has 1 atom stereocenters. The van der Waals surface area contributed by atoms with E-state index in [4.69, 9.17) is 4.52 Å². The summed E-state index contributed by atoms with van der Waals surface area (Å²) >= 11 is 0. The summed E-state index contributed by atoms with van der Waals surface area (Å²) in [5.74, 6) is 0.451. The largest absolute Gasteiger partial charge is 0.361 e. The molecular formula is C18H21FN2O2. The predicted molar refractivity (Wildman–Crippen MR) is 84.5 cm³/mol. The number of hydrogen-bond donors (Lipinski definition) is 1. The third-order valence-electron chi connectivity index (χ3n) is 4.65. The zero-order valence-electron chi connectivity index (χ0n) is 13.4. The molecule has 1 amide bonds. The molecule has 0 aliphatic heterocycles. The highest BCUT2D eigenvalue weighted by Crippen LogP contribution is 2.36. The molecule has 4 nitrogen and oxygen atoms in total. The molecule has 0 bridgehead atoms. The summed E-state index contributed by atoms with van der Waals surface area (Å²) in [6, 6.07) is 6.29. The van der Waals surface area contributed by atoms with Crippen LogP contribution in [-0.2, 0) is 0 Å². The molecule has 5 heteroatoms. The number of nitrogens with zero attached hydrogens (tertiary/aromatic N) is 1. The molecule has 0 unspecified atom stereocenters. The van der Waals surface area contributed by atoms with E-state index in [9.17, 15) is 9.18 Å². The molecule has 1 heterocycles. The van der Waals surface area contributed by atoms with Gasteiger partial charge in [-0.1, -0.05) is 30.1 Å². The molecule has 1 fully saturated rings. The fraction of sp³-hybridized carbons (Fsp3) is 0.444. The van der Waals surface area contributed by atoms with Crippen molar-refractivity contribution in [3.8, 4) is 0 Å². The molecule has 0 saturated heterocycles. The van der Waals surface area contributed by atoms with Crippen LogP contribution in [0.15, 0.2) is 28.8 Å². The number of nitrogens with one attached hydrogen (secondary N) is 1. The van der Waals surface area contributed by atoms with Crippen LogP contribution < -0.4 is 5.32 Å². The average Bonchev–Trinajstić information content (AvgIpc) is 3.16. The van der Waals surface area contributed by atoms with Gasteiger partial charge in [-0.25, -0.2) is 4.39 Å². The van der Waals surface area contributed by atoms with E-state index in [0.29, 0.717) is 22.9 Å². The van der Waals surface area contributed by atoms with Crippen molar-refractivity contribution in [2.24, 2.45) is 5.92 Å². The van der Waals surface area contributed by atoms with Crippen LogP contribution in [0.4, 0.5) is 4.39 Å². The van der Waals surface area contributed by atoms with E-state index < -0.39 is 0 Å². The summed E-state index contributed by atoms with van der Waals surface area (Å²) in [7, 11) is 0. The van der Waals surface area contributed by atoms with Crippen LogP contribution in [0.25, 0.3) is 0 Å². The van der Waals surface area contributed by atoms with Gasteiger partial charge in [-0.3, -0.25) is 4.79 Å². The Morgan fingerprint density at radius 3 is 2.48 bits per heavy atom. The summed E-state index contributed by atoms with van der Waals surface area (Å²) in [5.41, 5.74) is 2.03. The van der Waals surface area contributed by atoms with Gasteiger partial charge < -0.3 is 9.84 Å². The van der Waals surface area contributed by atoms with E-state index >= 15 is 0 Å². The molecule has 122 valence electrons. The molecule has 3 rings (SSSR count). The number of rotatable bonds is 4. The van der Waals surface area contributed by atoms with Crippen molar-refractivity contribution < 1.29 is 13.7 Å². The van der Waals surface area contributed by atoms with Gasteiger partial charge in [0.1, 0.15) is 17.1 Å². The maximum absolute atomic E-state index is 13.2. The Morgan fingerprint density at radius 1 is 1.26 bits per heavy atom. The Bertz CT molecular complexity index is 668. The molecular weight excluding hydrogens is 295 g/mol. The first-order valence-electron chi connectivity index (χ1n) is 8.05. The summed E-state index contributed by atoms with van der Waals surface area (Å²) in [6.07, 6.45) is 4.49. The Morgan fingerprint density at radius 2 is 1.91 bits per heavy atom. The molecule has 2 aromatic rings. The second kappa shape index (κ2) is 6.52. The molecule has 1 aliphatic rings. The molecule has 1 aromatic heterocycles. The highest BCUT2D eigenvalue weighted by Gasteiger charge is 2.29. The average molecular weight is 316 g/mol. The smallest absolute Gasteiger partial charge is 0.257 e. The Labute approximate surface area is 135 Å². The number of benzene rings is 1. The summed E-state index contributed by atoms with van der Waals surface area (Å²) in [4.78, 5) is 12.7. The van der Waals surface area contributed by atoms with Gasteiger partial charge in [0, 0.05) is 0 Å². The van der Waals surface area contributed by atoms with Crippen LogP contribution in [0.1, 0.15) is 59.1 Å². The Kier molecular flexibility index (Phi) is 4.46. The van der Waals surface area contributed by atoms with Crippen molar-refractivity contribution in [3.63, 3.8) is 0 Å². The van der Waals surface area contributed by atoms with E-state index in [1.807, 2.05) is 0 Å². The minimum atomic E-state index is -0.268. The van der Waals surface area contributed by atoms with Gasteiger partial charge in [0.15, 0.2) is 0 Å². The number of hydrogen-bond acceptors (Lipinski definition) is 3. The van der Waals surface area contributed by atoms with Gasteiger partial charge in [0.05, 0.1) is 11.7 Å².